The number of hydrogen-bond donors (Lipinski definition) is 1. The molecule has 0 radical (unpaired) electrons. The predicted octanol–water partition coefficient (Wildman–Crippen LogP) is 2.64. The molecular weight excluding hydrogens is 362 g/mol. The minimum absolute atomic E-state index is 0.0391. The van der Waals surface area contributed by atoms with Crippen molar-refractivity contribution in [2.45, 2.75) is 35.8 Å². The van der Waals surface area contributed by atoms with Crippen molar-refractivity contribution in [1.82, 2.24) is 4.90 Å². The lowest BCUT2D eigenvalue weighted by Crippen LogP contribution is -2.37. The molecule has 2 aromatic carbocycles. The first-order valence-electron chi connectivity index (χ1n) is 9.10. The van der Waals surface area contributed by atoms with Gasteiger partial charge in [-0.05, 0) is 44.0 Å². The van der Waals surface area contributed by atoms with Gasteiger partial charge >= 0.3 is 0 Å². The van der Waals surface area contributed by atoms with E-state index in [1.807, 2.05) is 30.3 Å². The Morgan fingerprint density at radius 2 is 1.85 bits per heavy atom. The summed E-state index contributed by atoms with van der Waals surface area (Å²) in [6, 6.07) is 16.0. The second-order valence-electron chi connectivity index (χ2n) is 7.40. The maximum Gasteiger partial charge on any atom is 0.253 e. The van der Waals surface area contributed by atoms with Crippen molar-refractivity contribution in [2.75, 3.05) is 19.7 Å². The summed E-state index contributed by atoms with van der Waals surface area (Å²) in [5, 5.41) is 9.49. The summed E-state index contributed by atoms with van der Waals surface area (Å²) in [4.78, 5) is 14.8. The van der Waals surface area contributed by atoms with Crippen LogP contribution in [0, 0.1) is 0 Å². The number of aliphatic hydroxyl groups is 1. The molecule has 5 nitrogen and oxygen atoms in total. The third-order valence-electron chi connectivity index (χ3n) is 5.36. The molecule has 144 valence electrons. The fraction of sp³-hybridized carbons (Fsp3) is 0.381. The van der Waals surface area contributed by atoms with Crippen LogP contribution in [-0.2, 0) is 15.3 Å². The van der Waals surface area contributed by atoms with E-state index in [1.165, 1.54) is 12.1 Å². The first kappa shape index (κ1) is 19.6. The smallest absolute Gasteiger partial charge is 0.253 e. The molecule has 0 aromatic heterocycles. The number of aliphatic hydroxyl groups excluding tert-OH is 1. The largest absolute Gasteiger partial charge is 0.395 e. The van der Waals surface area contributed by atoms with Crippen molar-refractivity contribution in [3.05, 3.63) is 65.7 Å². The summed E-state index contributed by atoms with van der Waals surface area (Å²) >= 11 is 0. The highest BCUT2D eigenvalue weighted by Gasteiger charge is 2.41. The molecule has 0 spiro atoms. The van der Waals surface area contributed by atoms with E-state index in [-0.39, 0.29) is 17.4 Å². The molecule has 1 heterocycles. The Balaban J connectivity index is 1.86. The molecule has 1 amide bonds. The maximum absolute atomic E-state index is 13.0. The van der Waals surface area contributed by atoms with E-state index in [0.29, 0.717) is 25.1 Å². The van der Waals surface area contributed by atoms with E-state index in [0.717, 1.165) is 5.56 Å². The number of amides is 1. The Morgan fingerprint density at radius 3 is 2.48 bits per heavy atom. The molecule has 1 saturated heterocycles. The van der Waals surface area contributed by atoms with Gasteiger partial charge in [0.15, 0.2) is 9.84 Å². The summed E-state index contributed by atoms with van der Waals surface area (Å²) < 4.78 is 24.8. The van der Waals surface area contributed by atoms with Gasteiger partial charge in [0.05, 0.1) is 16.8 Å². The van der Waals surface area contributed by atoms with Gasteiger partial charge < -0.3 is 10.0 Å². The lowest BCUT2D eigenvalue weighted by atomic mass is 9.80. The van der Waals surface area contributed by atoms with Crippen LogP contribution in [0.15, 0.2) is 59.5 Å². The number of likely N-dealkylation sites (tertiary alicyclic amines) is 1. The highest BCUT2D eigenvalue weighted by atomic mass is 32.2. The van der Waals surface area contributed by atoms with Crippen molar-refractivity contribution < 1.29 is 18.3 Å². The van der Waals surface area contributed by atoms with Crippen molar-refractivity contribution in [2.24, 2.45) is 0 Å². The highest BCUT2D eigenvalue weighted by Crippen LogP contribution is 2.35. The molecule has 2 aromatic rings. The number of nitrogens with zero attached hydrogens (tertiary/aromatic N) is 1. The molecule has 1 unspecified atom stereocenters. The van der Waals surface area contributed by atoms with Crippen molar-refractivity contribution in [1.29, 1.82) is 0 Å². The zero-order valence-electron chi connectivity index (χ0n) is 15.6. The molecule has 0 bridgehead atoms. The van der Waals surface area contributed by atoms with Gasteiger partial charge in [-0.3, -0.25) is 4.79 Å². The van der Waals surface area contributed by atoms with Crippen LogP contribution in [0.1, 0.15) is 36.2 Å². The van der Waals surface area contributed by atoms with Crippen LogP contribution >= 0.6 is 0 Å². The van der Waals surface area contributed by atoms with Gasteiger partial charge in [0.2, 0.25) is 0 Å². The van der Waals surface area contributed by atoms with Crippen LogP contribution < -0.4 is 0 Å². The van der Waals surface area contributed by atoms with Crippen molar-refractivity contribution in [3.63, 3.8) is 0 Å². The van der Waals surface area contributed by atoms with Gasteiger partial charge in [-0.2, -0.15) is 0 Å². The third-order valence-corrected chi connectivity index (χ3v) is 7.51. The zero-order chi connectivity index (χ0) is 19.7. The Labute approximate surface area is 160 Å². The van der Waals surface area contributed by atoms with Crippen LogP contribution in [-0.4, -0.2) is 49.3 Å². The Kier molecular flexibility index (Phi) is 5.40. The number of rotatable bonds is 5. The molecule has 0 aliphatic carbocycles. The molecule has 1 aliphatic heterocycles. The predicted molar refractivity (Wildman–Crippen MR) is 104 cm³/mol. The van der Waals surface area contributed by atoms with Crippen molar-refractivity contribution >= 4 is 15.7 Å². The lowest BCUT2D eigenvalue weighted by Gasteiger charge is -2.27. The second-order valence-corrected chi connectivity index (χ2v) is 9.91. The van der Waals surface area contributed by atoms with Gasteiger partial charge in [-0.15, -0.1) is 0 Å². The Morgan fingerprint density at radius 1 is 1.15 bits per heavy atom. The first-order chi connectivity index (χ1) is 12.8. The van der Waals surface area contributed by atoms with Gasteiger partial charge in [0, 0.05) is 24.1 Å². The molecule has 0 saturated carbocycles. The van der Waals surface area contributed by atoms with Gasteiger partial charge in [-0.25, -0.2) is 8.42 Å². The summed E-state index contributed by atoms with van der Waals surface area (Å²) in [6.07, 6.45) is 0.670. The summed E-state index contributed by atoms with van der Waals surface area (Å²) in [5.41, 5.74) is 0.899. The minimum Gasteiger partial charge on any atom is -0.395 e. The molecule has 27 heavy (non-hydrogen) atoms. The number of carbonyl (C=O) groups excluding carboxylic acids is 1. The fourth-order valence-electron chi connectivity index (χ4n) is 3.55. The second kappa shape index (κ2) is 7.44. The quantitative estimate of drug-likeness (QED) is 0.856. The van der Waals surface area contributed by atoms with E-state index < -0.39 is 20.5 Å². The van der Waals surface area contributed by atoms with Crippen LogP contribution in [0.2, 0.25) is 0 Å². The zero-order valence-corrected chi connectivity index (χ0v) is 16.4. The lowest BCUT2D eigenvalue weighted by molar-refractivity contribution is 0.0774. The highest BCUT2D eigenvalue weighted by molar-refractivity contribution is 7.92. The van der Waals surface area contributed by atoms with Crippen LogP contribution in [0.3, 0.4) is 0 Å². The monoisotopic (exact) mass is 387 g/mol. The normalized spacial score (nSPS) is 20.2. The van der Waals surface area contributed by atoms with Crippen LogP contribution in [0.25, 0.3) is 0 Å². The number of hydrogen-bond acceptors (Lipinski definition) is 4. The third kappa shape index (κ3) is 3.64. The van der Waals surface area contributed by atoms with E-state index in [4.69, 9.17) is 0 Å². The number of benzene rings is 2. The minimum atomic E-state index is -3.44. The first-order valence-corrected chi connectivity index (χ1v) is 10.6. The SMILES string of the molecule is CC(C)S(=O)(=O)c1cccc(C(=O)N2CCC(CO)(c3ccccc3)C2)c1. The van der Waals surface area contributed by atoms with Gasteiger partial charge in [0.1, 0.15) is 0 Å². The van der Waals surface area contributed by atoms with E-state index in [1.54, 1.807) is 30.9 Å². The molecule has 1 aliphatic rings. The molecule has 1 fully saturated rings. The summed E-state index contributed by atoms with van der Waals surface area (Å²) in [7, 11) is -3.44. The topological polar surface area (TPSA) is 74.7 Å². The van der Waals surface area contributed by atoms with Crippen LogP contribution in [0.4, 0.5) is 0 Å². The summed E-state index contributed by atoms with van der Waals surface area (Å²) in [6.45, 7) is 4.14. The maximum atomic E-state index is 13.0. The van der Waals surface area contributed by atoms with Crippen molar-refractivity contribution in [3.8, 4) is 0 Å². The Bertz CT molecular complexity index is 924. The molecule has 6 heteroatoms. The van der Waals surface area contributed by atoms with Crippen LogP contribution in [0.5, 0.6) is 0 Å². The van der Waals surface area contributed by atoms with Gasteiger partial charge in [0.25, 0.3) is 5.91 Å². The molecule has 3 rings (SSSR count). The van der Waals surface area contributed by atoms with E-state index >= 15 is 0 Å². The van der Waals surface area contributed by atoms with Gasteiger partial charge in [-0.1, -0.05) is 36.4 Å². The average Bonchev–Trinajstić information content (AvgIpc) is 3.14. The van der Waals surface area contributed by atoms with E-state index in [9.17, 15) is 18.3 Å². The molecule has 1 atom stereocenters. The molecular formula is C21H25NO4S. The number of sulfone groups is 1. The Hall–Kier alpha value is -2.18. The standard InChI is InChI=1S/C21H25NO4S/c1-16(2)27(25,26)19-10-6-7-17(13-19)20(24)22-12-11-21(14-22,15-23)18-8-4-3-5-9-18/h3-10,13,16,23H,11-12,14-15H2,1-2H3. The average molecular weight is 388 g/mol. The van der Waals surface area contributed by atoms with E-state index in [2.05, 4.69) is 0 Å². The number of carbonyl (C=O) groups is 1. The molecule has 1 N–H and O–H groups in total. The summed E-state index contributed by atoms with van der Waals surface area (Å²) in [5.74, 6) is -0.206. The fourth-order valence-corrected chi connectivity index (χ4v) is 4.66.